The van der Waals surface area contributed by atoms with Gasteiger partial charge in [0.05, 0.1) is 0 Å². The van der Waals surface area contributed by atoms with Crippen LogP contribution in [-0.2, 0) is 0 Å². The zero-order valence-electron chi connectivity index (χ0n) is 12.1. The van der Waals surface area contributed by atoms with Crippen molar-refractivity contribution in [2.45, 2.75) is 25.8 Å². The summed E-state index contributed by atoms with van der Waals surface area (Å²) in [6.07, 6.45) is 1.57. The maximum atomic E-state index is 9.07. The number of nitrogens with two attached hydrogens (primary N) is 1. The highest BCUT2D eigenvalue weighted by molar-refractivity contribution is 5.61. The standard InChI is InChI=1S/C15H21N5O/c1-2-12(8-9-21)17-13-10-14(20-16)19-15(18-13)11-6-4-3-5-7-11/h3-7,10,12,21H,2,8-9,16H2,1H3,(H2,17,18,19,20). The molecule has 1 aromatic heterocycles. The zero-order chi connectivity index (χ0) is 15.1. The van der Waals surface area contributed by atoms with Crippen LogP contribution in [0.1, 0.15) is 19.8 Å². The Balaban J connectivity index is 2.29. The highest BCUT2D eigenvalue weighted by Gasteiger charge is 2.10. The van der Waals surface area contributed by atoms with Gasteiger partial charge in [-0.1, -0.05) is 37.3 Å². The van der Waals surface area contributed by atoms with Crippen LogP contribution in [0.15, 0.2) is 36.4 Å². The van der Waals surface area contributed by atoms with Crippen LogP contribution in [0, 0.1) is 0 Å². The molecule has 0 saturated carbocycles. The van der Waals surface area contributed by atoms with Gasteiger partial charge in [0, 0.05) is 24.3 Å². The van der Waals surface area contributed by atoms with Crippen molar-refractivity contribution in [2.24, 2.45) is 5.84 Å². The van der Waals surface area contributed by atoms with Crippen molar-refractivity contribution in [3.05, 3.63) is 36.4 Å². The van der Waals surface area contributed by atoms with E-state index in [0.29, 0.717) is 23.9 Å². The summed E-state index contributed by atoms with van der Waals surface area (Å²) in [5.74, 6) is 7.32. The molecular weight excluding hydrogens is 266 g/mol. The summed E-state index contributed by atoms with van der Waals surface area (Å²) < 4.78 is 0. The number of rotatable bonds is 7. The van der Waals surface area contributed by atoms with E-state index in [1.165, 1.54) is 0 Å². The van der Waals surface area contributed by atoms with Gasteiger partial charge in [0.2, 0.25) is 0 Å². The zero-order valence-corrected chi connectivity index (χ0v) is 12.1. The minimum atomic E-state index is 0.143. The van der Waals surface area contributed by atoms with E-state index in [2.05, 4.69) is 27.6 Å². The molecule has 2 rings (SSSR count). The van der Waals surface area contributed by atoms with Gasteiger partial charge in [0.1, 0.15) is 11.6 Å². The van der Waals surface area contributed by atoms with E-state index < -0.39 is 0 Å². The predicted molar refractivity (Wildman–Crippen MR) is 84.7 cm³/mol. The third-order valence-electron chi connectivity index (χ3n) is 3.23. The monoisotopic (exact) mass is 287 g/mol. The van der Waals surface area contributed by atoms with Gasteiger partial charge in [-0.3, -0.25) is 0 Å². The van der Waals surface area contributed by atoms with Gasteiger partial charge in [-0.15, -0.1) is 0 Å². The van der Waals surface area contributed by atoms with Crippen LogP contribution in [0.5, 0.6) is 0 Å². The largest absolute Gasteiger partial charge is 0.396 e. The van der Waals surface area contributed by atoms with Crippen molar-refractivity contribution < 1.29 is 5.11 Å². The number of benzene rings is 1. The van der Waals surface area contributed by atoms with Crippen molar-refractivity contribution >= 4 is 11.6 Å². The lowest BCUT2D eigenvalue weighted by Gasteiger charge is -2.17. The Morgan fingerprint density at radius 2 is 1.90 bits per heavy atom. The van der Waals surface area contributed by atoms with Crippen LogP contribution < -0.4 is 16.6 Å². The Bertz CT molecular complexity index is 561. The van der Waals surface area contributed by atoms with Gasteiger partial charge in [0.15, 0.2) is 5.82 Å². The van der Waals surface area contributed by atoms with Crippen molar-refractivity contribution in [3.8, 4) is 11.4 Å². The average molecular weight is 287 g/mol. The first-order valence-corrected chi connectivity index (χ1v) is 7.05. The first-order chi connectivity index (χ1) is 10.3. The second kappa shape index (κ2) is 7.56. The molecule has 0 fully saturated rings. The number of aliphatic hydroxyl groups excluding tert-OH is 1. The molecule has 5 N–H and O–H groups in total. The number of anilines is 2. The molecule has 1 atom stereocenters. The Hall–Kier alpha value is -2.18. The molecule has 0 aliphatic carbocycles. The van der Waals surface area contributed by atoms with Crippen LogP contribution in [-0.4, -0.2) is 27.7 Å². The number of nitrogens with zero attached hydrogens (tertiary/aromatic N) is 2. The van der Waals surface area contributed by atoms with Crippen molar-refractivity contribution in [1.82, 2.24) is 9.97 Å². The third kappa shape index (κ3) is 4.14. The second-order valence-corrected chi connectivity index (χ2v) is 4.73. The molecule has 2 aromatic rings. The minimum absolute atomic E-state index is 0.143. The highest BCUT2D eigenvalue weighted by atomic mass is 16.3. The topological polar surface area (TPSA) is 96.1 Å². The van der Waals surface area contributed by atoms with Crippen LogP contribution in [0.25, 0.3) is 11.4 Å². The molecule has 1 unspecified atom stereocenters. The van der Waals surface area contributed by atoms with Crippen LogP contribution in [0.3, 0.4) is 0 Å². The number of hydrogen-bond acceptors (Lipinski definition) is 6. The molecule has 0 radical (unpaired) electrons. The van der Waals surface area contributed by atoms with Crippen molar-refractivity contribution in [3.63, 3.8) is 0 Å². The van der Waals surface area contributed by atoms with Gasteiger partial charge < -0.3 is 15.8 Å². The fourth-order valence-corrected chi connectivity index (χ4v) is 2.05. The molecule has 0 aliphatic rings. The summed E-state index contributed by atoms with van der Waals surface area (Å²) in [6.45, 7) is 2.21. The number of aromatic nitrogens is 2. The number of aliphatic hydroxyl groups is 1. The van der Waals surface area contributed by atoms with Crippen molar-refractivity contribution in [2.75, 3.05) is 17.3 Å². The molecule has 6 heteroatoms. The van der Waals surface area contributed by atoms with Gasteiger partial charge in [-0.25, -0.2) is 15.8 Å². The molecule has 1 heterocycles. The Kier molecular flexibility index (Phi) is 5.48. The second-order valence-electron chi connectivity index (χ2n) is 4.73. The molecule has 1 aromatic carbocycles. The molecule has 0 spiro atoms. The van der Waals surface area contributed by atoms with E-state index >= 15 is 0 Å². The lowest BCUT2D eigenvalue weighted by atomic mass is 10.1. The first-order valence-electron chi connectivity index (χ1n) is 7.05. The predicted octanol–water partition coefficient (Wildman–Crippen LogP) is 2.00. The average Bonchev–Trinajstić information content (AvgIpc) is 2.55. The first kappa shape index (κ1) is 15.2. The molecule has 0 aliphatic heterocycles. The van der Waals surface area contributed by atoms with Gasteiger partial charge in [-0.05, 0) is 12.8 Å². The third-order valence-corrected chi connectivity index (χ3v) is 3.23. The summed E-state index contributed by atoms with van der Waals surface area (Å²) in [7, 11) is 0. The minimum Gasteiger partial charge on any atom is -0.396 e. The van der Waals surface area contributed by atoms with E-state index in [4.69, 9.17) is 10.9 Å². The summed E-state index contributed by atoms with van der Waals surface area (Å²) >= 11 is 0. The van der Waals surface area contributed by atoms with Crippen molar-refractivity contribution in [1.29, 1.82) is 0 Å². The molecular formula is C15H21N5O. The number of nitrogen functional groups attached to an aromatic ring is 1. The lowest BCUT2D eigenvalue weighted by Crippen LogP contribution is -2.21. The van der Waals surface area contributed by atoms with Gasteiger partial charge in [0.25, 0.3) is 0 Å². The number of nitrogens with one attached hydrogen (secondary N) is 2. The summed E-state index contributed by atoms with van der Waals surface area (Å²) in [4.78, 5) is 8.89. The molecule has 112 valence electrons. The Labute approximate surface area is 124 Å². The number of hydrogen-bond donors (Lipinski definition) is 4. The van der Waals surface area contributed by atoms with Crippen LogP contribution in [0.2, 0.25) is 0 Å². The molecule has 6 nitrogen and oxygen atoms in total. The SMILES string of the molecule is CCC(CCO)Nc1cc(NN)nc(-c2ccccc2)n1. The normalized spacial score (nSPS) is 12.0. The fourth-order valence-electron chi connectivity index (χ4n) is 2.05. The van der Waals surface area contributed by atoms with E-state index in [9.17, 15) is 0 Å². The van der Waals surface area contributed by atoms with E-state index in [-0.39, 0.29) is 12.6 Å². The van der Waals surface area contributed by atoms with Crippen LogP contribution >= 0.6 is 0 Å². The summed E-state index contributed by atoms with van der Waals surface area (Å²) in [5, 5.41) is 12.4. The quantitative estimate of drug-likeness (QED) is 0.459. The maximum Gasteiger partial charge on any atom is 0.163 e. The van der Waals surface area contributed by atoms with E-state index in [1.54, 1.807) is 6.07 Å². The highest BCUT2D eigenvalue weighted by Crippen LogP contribution is 2.20. The summed E-state index contributed by atoms with van der Waals surface area (Å²) in [5.41, 5.74) is 3.48. The molecule has 0 saturated heterocycles. The Morgan fingerprint density at radius 1 is 1.19 bits per heavy atom. The van der Waals surface area contributed by atoms with Gasteiger partial charge >= 0.3 is 0 Å². The maximum absolute atomic E-state index is 9.07. The molecule has 0 bridgehead atoms. The fraction of sp³-hybridized carbons (Fsp3) is 0.333. The smallest absolute Gasteiger partial charge is 0.163 e. The van der Waals surface area contributed by atoms with E-state index in [0.717, 1.165) is 12.0 Å². The van der Waals surface area contributed by atoms with Gasteiger partial charge in [-0.2, -0.15) is 0 Å². The Morgan fingerprint density at radius 3 is 2.52 bits per heavy atom. The molecule has 0 amide bonds. The lowest BCUT2D eigenvalue weighted by molar-refractivity contribution is 0.278. The number of hydrazine groups is 1. The summed E-state index contributed by atoms with van der Waals surface area (Å²) in [6, 6.07) is 11.6. The van der Waals surface area contributed by atoms with E-state index in [1.807, 2.05) is 30.3 Å². The van der Waals surface area contributed by atoms with Crippen LogP contribution in [0.4, 0.5) is 11.6 Å². The molecule has 21 heavy (non-hydrogen) atoms.